The molecule has 0 fully saturated rings. The summed E-state index contributed by atoms with van der Waals surface area (Å²) in [5.41, 5.74) is 9.58. The molecule has 0 spiro atoms. The fourth-order valence-corrected chi connectivity index (χ4v) is 8.83. The van der Waals surface area contributed by atoms with Crippen LogP contribution >= 0.6 is 11.3 Å². The van der Waals surface area contributed by atoms with Gasteiger partial charge in [-0.3, -0.25) is 4.98 Å². The standard InChI is InChI=1S/C44H31N3S/c1-44(2,28-16-19-34-32-12-6-8-14-38(32)46(40(34)24-28)30-10-4-3-5-11-30)29-17-20-35-33-13-7-9-15-39(33)47(41(35)25-29)31-18-21-42-37(26-31)36-22-23-45-27-43(36)48-42/h3-27H,1-2H3. The molecule has 0 bridgehead atoms. The van der Waals surface area contributed by atoms with Gasteiger partial charge in [-0.15, -0.1) is 11.3 Å². The molecule has 0 N–H and O–H groups in total. The Balaban J connectivity index is 1.18. The van der Waals surface area contributed by atoms with Crippen molar-refractivity contribution in [1.82, 2.24) is 14.1 Å². The van der Waals surface area contributed by atoms with Crippen molar-refractivity contribution >= 4 is 75.1 Å². The Kier molecular flexibility index (Phi) is 5.79. The van der Waals surface area contributed by atoms with Gasteiger partial charge < -0.3 is 9.13 Å². The van der Waals surface area contributed by atoms with Crippen LogP contribution in [0.5, 0.6) is 0 Å². The Labute approximate surface area is 281 Å². The number of rotatable bonds is 4. The molecule has 3 nitrogen and oxygen atoms in total. The summed E-state index contributed by atoms with van der Waals surface area (Å²) in [6.45, 7) is 4.71. The highest BCUT2D eigenvalue weighted by atomic mass is 32.1. The van der Waals surface area contributed by atoms with Gasteiger partial charge >= 0.3 is 0 Å². The highest BCUT2D eigenvalue weighted by Gasteiger charge is 2.26. The Morgan fingerprint density at radius 2 is 1.04 bits per heavy atom. The molecule has 0 atom stereocenters. The monoisotopic (exact) mass is 633 g/mol. The van der Waals surface area contributed by atoms with Crippen LogP contribution in [0, 0.1) is 0 Å². The number of hydrogen-bond donors (Lipinski definition) is 0. The van der Waals surface area contributed by atoms with Gasteiger partial charge in [0.15, 0.2) is 0 Å². The maximum atomic E-state index is 4.37. The molecule has 0 unspecified atom stereocenters. The summed E-state index contributed by atoms with van der Waals surface area (Å²) in [7, 11) is 0. The maximum Gasteiger partial charge on any atom is 0.0544 e. The predicted molar refractivity (Wildman–Crippen MR) is 204 cm³/mol. The molecule has 4 heteroatoms. The van der Waals surface area contributed by atoms with Crippen LogP contribution in [0.25, 0.3) is 75.2 Å². The minimum Gasteiger partial charge on any atom is -0.309 e. The summed E-state index contributed by atoms with van der Waals surface area (Å²) in [4.78, 5) is 4.37. The summed E-state index contributed by atoms with van der Waals surface area (Å²) in [6, 6.07) is 51.4. The number of thiophene rings is 1. The first-order valence-corrected chi connectivity index (χ1v) is 17.3. The van der Waals surface area contributed by atoms with E-state index in [1.54, 1.807) is 11.3 Å². The van der Waals surface area contributed by atoms with Gasteiger partial charge in [-0.1, -0.05) is 92.7 Å². The summed E-state index contributed by atoms with van der Waals surface area (Å²) >= 11 is 1.81. The van der Waals surface area contributed by atoms with Crippen molar-refractivity contribution < 1.29 is 0 Å². The van der Waals surface area contributed by atoms with Gasteiger partial charge in [-0.25, -0.2) is 0 Å². The van der Waals surface area contributed by atoms with Crippen LogP contribution in [0.1, 0.15) is 25.0 Å². The topological polar surface area (TPSA) is 22.8 Å². The van der Waals surface area contributed by atoms with Gasteiger partial charge in [0.05, 0.1) is 26.8 Å². The smallest absolute Gasteiger partial charge is 0.0544 e. The highest BCUT2D eigenvalue weighted by Crippen LogP contribution is 2.41. The molecule has 0 saturated heterocycles. The largest absolute Gasteiger partial charge is 0.309 e. The first kappa shape index (κ1) is 27.4. The van der Waals surface area contributed by atoms with Crippen LogP contribution in [-0.2, 0) is 5.41 Å². The van der Waals surface area contributed by atoms with Crippen molar-refractivity contribution in [3.05, 3.63) is 163 Å². The van der Waals surface area contributed by atoms with Crippen molar-refractivity contribution in [2.45, 2.75) is 19.3 Å². The van der Waals surface area contributed by atoms with Crippen molar-refractivity contribution in [3.63, 3.8) is 0 Å². The fourth-order valence-electron chi connectivity index (χ4n) is 7.78. The number of benzene rings is 6. The molecular formula is C44H31N3S. The minimum atomic E-state index is -0.248. The van der Waals surface area contributed by atoms with E-state index in [9.17, 15) is 0 Å². The third-order valence-electron chi connectivity index (χ3n) is 10.3. The molecule has 4 heterocycles. The Bertz CT molecular complexity index is 2870. The van der Waals surface area contributed by atoms with Gasteiger partial charge in [0.25, 0.3) is 0 Å². The number of aromatic nitrogens is 3. The third-order valence-corrected chi connectivity index (χ3v) is 11.4. The molecule has 0 saturated carbocycles. The zero-order valence-corrected chi connectivity index (χ0v) is 27.5. The zero-order valence-electron chi connectivity index (χ0n) is 26.7. The van der Waals surface area contributed by atoms with Gasteiger partial charge in [0, 0.05) is 66.2 Å². The zero-order chi connectivity index (χ0) is 32.0. The van der Waals surface area contributed by atoms with Crippen LogP contribution in [-0.4, -0.2) is 14.1 Å². The van der Waals surface area contributed by atoms with Crippen LogP contribution < -0.4 is 0 Å². The number of hydrogen-bond acceptors (Lipinski definition) is 2. The van der Waals surface area contributed by atoms with Crippen LogP contribution in [0.3, 0.4) is 0 Å². The molecule has 48 heavy (non-hydrogen) atoms. The molecule has 0 amide bonds. The van der Waals surface area contributed by atoms with Gasteiger partial charge in [-0.05, 0) is 71.8 Å². The SMILES string of the molecule is CC(C)(c1ccc2c3ccccc3n(-c3ccccc3)c2c1)c1ccc2c3ccccc3n(-c3ccc4sc5cnccc5c4c3)c2c1. The number of nitrogens with zero attached hydrogens (tertiary/aromatic N) is 3. The lowest BCUT2D eigenvalue weighted by Gasteiger charge is -2.27. The van der Waals surface area contributed by atoms with Crippen molar-refractivity contribution in [2.75, 3.05) is 0 Å². The number of pyridine rings is 1. The van der Waals surface area contributed by atoms with Crippen LogP contribution in [0.2, 0.25) is 0 Å². The molecule has 4 aromatic heterocycles. The average Bonchev–Trinajstić information content (AvgIpc) is 3.78. The second-order valence-electron chi connectivity index (χ2n) is 13.3. The van der Waals surface area contributed by atoms with E-state index in [-0.39, 0.29) is 5.41 Å². The summed E-state index contributed by atoms with van der Waals surface area (Å²) in [5, 5.41) is 7.63. The van der Waals surface area contributed by atoms with Crippen molar-refractivity contribution in [3.8, 4) is 11.4 Å². The van der Waals surface area contributed by atoms with E-state index in [0.717, 1.165) is 0 Å². The fraction of sp³-hybridized carbons (Fsp3) is 0.0682. The van der Waals surface area contributed by atoms with E-state index >= 15 is 0 Å². The van der Waals surface area contributed by atoms with Crippen molar-refractivity contribution in [2.24, 2.45) is 0 Å². The number of para-hydroxylation sites is 3. The first-order chi connectivity index (χ1) is 23.6. The predicted octanol–water partition coefficient (Wildman–Crippen LogP) is 12.0. The van der Waals surface area contributed by atoms with E-state index in [0.29, 0.717) is 0 Å². The van der Waals surface area contributed by atoms with E-state index in [4.69, 9.17) is 0 Å². The molecule has 10 rings (SSSR count). The Morgan fingerprint density at radius 1 is 0.458 bits per heavy atom. The maximum absolute atomic E-state index is 4.37. The molecule has 0 radical (unpaired) electrons. The Morgan fingerprint density at radius 3 is 1.71 bits per heavy atom. The average molecular weight is 634 g/mol. The Hall–Kier alpha value is -5.71. The molecule has 228 valence electrons. The molecule has 0 aliphatic heterocycles. The normalized spacial score (nSPS) is 12.4. The van der Waals surface area contributed by atoms with Gasteiger partial charge in [0.1, 0.15) is 0 Å². The van der Waals surface area contributed by atoms with E-state index in [1.807, 2.05) is 12.4 Å². The second kappa shape index (κ2) is 10.1. The summed E-state index contributed by atoms with van der Waals surface area (Å²) in [6.07, 6.45) is 3.87. The van der Waals surface area contributed by atoms with Gasteiger partial charge in [0.2, 0.25) is 0 Å². The molecule has 0 aliphatic rings. The summed E-state index contributed by atoms with van der Waals surface area (Å²) < 4.78 is 7.36. The molecule has 6 aromatic carbocycles. The van der Waals surface area contributed by atoms with E-state index in [2.05, 4.69) is 167 Å². The minimum absolute atomic E-state index is 0.248. The first-order valence-electron chi connectivity index (χ1n) is 16.5. The molecule has 10 aromatic rings. The highest BCUT2D eigenvalue weighted by molar-refractivity contribution is 7.25. The third kappa shape index (κ3) is 3.90. The van der Waals surface area contributed by atoms with Crippen molar-refractivity contribution in [1.29, 1.82) is 0 Å². The summed E-state index contributed by atoms with van der Waals surface area (Å²) in [5.74, 6) is 0. The second-order valence-corrected chi connectivity index (χ2v) is 14.4. The lowest BCUT2D eigenvalue weighted by molar-refractivity contribution is 0.642. The van der Waals surface area contributed by atoms with Gasteiger partial charge in [-0.2, -0.15) is 0 Å². The lowest BCUT2D eigenvalue weighted by atomic mass is 9.77. The molecule has 0 aliphatic carbocycles. The lowest BCUT2D eigenvalue weighted by Crippen LogP contribution is -2.19. The van der Waals surface area contributed by atoms with E-state index in [1.165, 1.54) is 86.3 Å². The quantitative estimate of drug-likeness (QED) is 0.189. The van der Waals surface area contributed by atoms with E-state index < -0.39 is 0 Å². The van der Waals surface area contributed by atoms with Crippen LogP contribution in [0.4, 0.5) is 0 Å². The van der Waals surface area contributed by atoms with Crippen LogP contribution in [0.15, 0.2) is 152 Å². The number of fused-ring (bicyclic) bond motifs is 9. The molecular weight excluding hydrogens is 603 g/mol.